The Hall–Kier alpha value is -2.43. The number of rotatable bonds is 7. The number of hydrogen-bond donors (Lipinski definition) is 1. The fourth-order valence-corrected chi connectivity index (χ4v) is 4.18. The molecule has 4 nitrogen and oxygen atoms in total. The number of aliphatic hydroxyl groups excluding tert-OH is 1. The van der Waals surface area contributed by atoms with Gasteiger partial charge in [0.15, 0.2) is 0 Å². The second-order valence-corrected chi connectivity index (χ2v) is 7.60. The van der Waals surface area contributed by atoms with Crippen LogP contribution in [0.15, 0.2) is 66.7 Å². The van der Waals surface area contributed by atoms with Crippen molar-refractivity contribution in [1.82, 2.24) is 9.88 Å². The number of anilines is 1. The number of fused-ring (bicyclic) bond motifs is 1. The number of nitrogens with zero attached hydrogens (tertiary/aromatic N) is 3. The second kappa shape index (κ2) is 9.18. The SMILES string of the molecule is OCC[C@H]1CN(c2ccc3ccccc3n2)CCN1CCCc1ccccc1. The normalized spacial score (nSPS) is 17.9. The molecule has 0 aliphatic carbocycles. The van der Waals surface area contributed by atoms with Gasteiger partial charge in [0, 0.05) is 37.7 Å². The van der Waals surface area contributed by atoms with Crippen LogP contribution in [-0.4, -0.2) is 53.8 Å². The van der Waals surface area contributed by atoms with E-state index in [4.69, 9.17) is 4.98 Å². The number of para-hydroxylation sites is 1. The van der Waals surface area contributed by atoms with Gasteiger partial charge in [0.05, 0.1) is 5.52 Å². The summed E-state index contributed by atoms with van der Waals surface area (Å²) in [6.45, 7) is 4.25. The molecule has 1 fully saturated rings. The van der Waals surface area contributed by atoms with Gasteiger partial charge in [-0.3, -0.25) is 4.90 Å². The minimum Gasteiger partial charge on any atom is -0.396 e. The Bertz CT molecular complexity index is 883. The Morgan fingerprint density at radius 2 is 1.75 bits per heavy atom. The highest BCUT2D eigenvalue weighted by atomic mass is 16.3. The van der Waals surface area contributed by atoms with Crippen molar-refractivity contribution in [3.63, 3.8) is 0 Å². The van der Waals surface area contributed by atoms with Gasteiger partial charge in [-0.25, -0.2) is 4.98 Å². The molecule has 3 aromatic rings. The van der Waals surface area contributed by atoms with E-state index in [2.05, 4.69) is 70.5 Å². The van der Waals surface area contributed by atoms with Crippen LogP contribution in [0.3, 0.4) is 0 Å². The van der Waals surface area contributed by atoms with Gasteiger partial charge in [-0.1, -0.05) is 48.5 Å². The van der Waals surface area contributed by atoms with Crippen LogP contribution in [0.25, 0.3) is 10.9 Å². The predicted molar refractivity (Wildman–Crippen MR) is 116 cm³/mol. The van der Waals surface area contributed by atoms with E-state index < -0.39 is 0 Å². The molecule has 2 aromatic carbocycles. The molecule has 4 rings (SSSR count). The second-order valence-electron chi connectivity index (χ2n) is 7.60. The number of aliphatic hydroxyl groups is 1. The van der Waals surface area contributed by atoms with Crippen molar-refractivity contribution in [1.29, 1.82) is 0 Å². The summed E-state index contributed by atoms with van der Waals surface area (Å²) in [4.78, 5) is 9.79. The van der Waals surface area contributed by atoms with Crippen molar-refractivity contribution < 1.29 is 5.11 Å². The van der Waals surface area contributed by atoms with Crippen molar-refractivity contribution in [2.24, 2.45) is 0 Å². The minimum atomic E-state index is 0.235. The Morgan fingerprint density at radius 1 is 0.929 bits per heavy atom. The zero-order valence-electron chi connectivity index (χ0n) is 16.4. The molecule has 2 heterocycles. The molecule has 1 N–H and O–H groups in total. The van der Waals surface area contributed by atoms with E-state index in [0.717, 1.165) is 56.8 Å². The largest absolute Gasteiger partial charge is 0.396 e. The third-order valence-corrected chi connectivity index (χ3v) is 5.73. The summed E-state index contributed by atoms with van der Waals surface area (Å²) < 4.78 is 0. The Morgan fingerprint density at radius 3 is 2.61 bits per heavy atom. The van der Waals surface area contributed by atoms with Crippen LogP contribution in [0.5, 0.6) is 0 Å². The lowest BCUT2D eigenvalue weighted by Gasteiger charge is -2.42. The van der Waals surface area contributed by atoms with E-state index in [9.17, 15) is 5.11 Å². The Kier molecular flexibility index (Phi) is 6.20. The molecule has 1 saturated heterocycles. The summed E-state index contributed by atoms with van der Waals surface area (Å²) in [7, 11) is 0. The molecule has 0 unspecified atom stereocenters. The maximum absolute atomic E-state index is 9.58. The number of aryl methyl sites for hydroxylation is 1. The lowest BCUT2D eigenvalue weighted by molar-refractivity contribution is 0.140. The summed E-state index contributed by atoms with van der Waals surface area (Å²) in [6, 6.07) is 23.6. The molecule has 0 amide bonds. The molecule has 0 saturated carbocycles. The van der Waals surface area contributed by atoms with E-state index >= 15 is 0 Å². The van der Waals surface area contributed by atoms with E-state index in [1.54, 1.807) is 0 Å². The summed E-state index contributed by atoms with van der Waals surface area (Å²) in [6.07, 6.45) is 3.08. The van der Waals surface area contributed by atoms with Crippen LogP contribution in [0.2, 0.25) is 0 Å². The van der Waals surface area contributed by atoms with Crippen LogP contribution < -0.4 is 4.90 Å². The number of hydrogen-bond acceptors (Lipinski definition) is 4. The fourth-order valence-electron chi connectivity index (χ4n) is 4.18. The lowest BCUT2D eigenvalue weighted by Crippen LogP contribution is -2.54. The molecule has 1 aliphatic rings. The van der Waals surface area contributed by atoms with Crippen molar-refractivity contribution in [3.8, 4) is 0 Å². The van der Waals surface area contributed by atoms with Crippen LogP contribution in [0.1, 0.15) is 18.4 Å². The molecular formula is C24H29N3O. The molecule has 0 spiro atoms. The Labute approximate surface area is 167 Å². The first-order valence-corrected chi connectivity index (χ1v) is 10.3. The first-order chi connectivity index (χ1) is 13.8. The number of pyridine rings is 1. The first kappa shape index (κ1) is 18.9. The summed E-state index contributed by atoms with van der Waals surface area (Å²) >= 11 is 0. The van der Waals surface area contributed by atoms with E-state index in [1.807, 2.05) is 6.07 Å². The third-order valence-electron chi connectivity index (χ3n) is 5.73. The highest BCUT2D eigenvalue weighted by Crippen LogP contribution is 2.22. The van der Waals surface area contributed by atoms with Gasteiger partial charge in [0.1, 0.15) is 5.82 Å². The van der Waals surface area contributed by atoms with E-state index in [1.165, 1.54) is 10.9 Å². The monoisotopic (exact) mass is 375 g/mol. The van der Waals surface area contributed by atoms with Crippen LogP contribution in [0.4, 0.5) is 5.82 Å². The minimum absolute atomic E-state index is 0.235. The zero-order valence-corrected chi connectivity index (χ0v) is 16.4. The van der Waals surface area contributed by atoms with Crippen molar-refractivity contribution >= 4 is 16.7 Å². The van der Waals surface area contributed by atoms with Gasteiger partial charge in [-0.2, -0.15) is 0 Å². The number of aromatic nitrogens is 1. The van der Waals surface area contributed by atoms with Crippen LogP contribution in [0, 0.1) is 0 Å². The van der Waals surface area contributed by atoms with Gasteiger partial charge in [0.25, 0.3) is 0 Å². The molecule has 146 valence electrons. The maximum atomic E-state index is 9.58. The van der Waals surface area contributed by atoms with Gasteiger partial charge in [-0.05, 0) is 49.6 Å². The zero-order chi connectivity index (χ0) is 19.2. The lowest BCUT2D eigenvalue weighted by atomic mass is 10.1. The predicted octanol–water partition coefficient (Wildman–Crippen LogP) is 3.74. The van der Waals surface area contributed by atoms with Crippen LogP contribution >= 0.6 is 0 Å². The Balaban J connectivity index is 1.39. The highest BCUT2D eigenvalue weighted by Gasteiger charge is 2.27. The highest BCUT2D eigenvalue weighted by molar-refractivity contribution is 5.80. The van der Waals surface area contributed by atoms with Gasteiger partial charge in [0.2, 0.25) is 0 Å². The standard InChI is InChI=1S/C24H29N3O/c28-18-14-22-19-27(24-13-12-21-10-4-5-11-23(21)25-24)17-16-26(22)15-6-9-20-7-2-1-3-8-20/h1-5,7-8,10-13,22,28H,6,9,14-19H2/t22-/m0/s1. The van der Waals surface area contributed by atoms with E-state index in [-0.39, 0.29) is 6.61 Å². The van der Waals surface area contributed by atoms with Gasteiger partial charge < -0.3 is 10.0 Å². The van der Waals surface area contributed by atoms with Gasteiger partial charge >= 0.3 is 0 Å². The average molecular weight is 376 g/mol. The smallest absolute Gasteiger partial charge is 0.129 e. The van der Waals surface area contributed by atoms with E-state index in [0.29, 0.717) is 6.04 Å². The average Bonchev–Trinajstić information content (AvgIpc) is 2.75. The number of piperazine rings is 1. The number of benzene rings is 2. The molecule has 28 heavy (non-hydrogen) atoms. The molecule has 1 aromatic heterocycles. The topological polar surface area (TPSA) is 39.6 Å². The molecule has 0 radical (unpaired) electrons. The van der Waals surface area contributed by atoms with Crippen LogP contribution in [-0.2, 0) is 6.42 Å². The quantitative estimate of drug-likeness (QED) is 0.683. The maximum Gasteiger partial charge on any atom is 0.129 e. The van der Waals surface area contributed by atoms with Crippen molar-refractivity contribution in [2.45, 2.75) is 25.3 Å². The molecule has 4 heteroatoms. The first-order valence-electron chi connectivity index (χ1n) is 10.3. The van der Waals surface area contributed by atoms with Gasteiger partial charge in [-0.15, -0.1) is 0 Å². The fraction of sp³-hybridized carbons (Fsp3) is 0.375. The third kappa shape index (κ3) is 4.51. The molecular weight excluding hydrogens is 346 g/mol. The molecule has 1 atom stereocenters. The summed E-state index contributed by atoms with van der Waals surface area (Å²) in [5, 5.41) is 10.8. The summed E-state index contributed by atoms with van der Waals surface area (Å²) in [5.41, 5.74) is 2.45. The van der Waals surface area contributed by atoms with Crippen molar-refractivity contribution in [3.05, 3.63) is 72.3 Å². The molecule has 1 aliphatic heterocycles. The van der Waals surface area contributed by atoms with Crippen molar-refractivity contribution in [2.75, 3.05) is 37.7 Å². The summed E-state index contributed by atoms with van der Waals surface area (Å²) in [5.74, 6) is 1.05. The molecule has 0 bridgehead atoms.